The fourth-order valence-electron chi connectivity index (χ4n) is 1.89. The van der Waals surface area contributed by atoms with E-state index in [2.05, 4.69) is 14.7 Å². The Hall–Kier alpha value is -1.86. The van der Waals surface area contributed by atoms with Crippen LogP contribution in [0.3, 0.4) is 0 Å². The molecule has 0 saturated heterocycles. The van der Waals surface area contributed by atoms with Crippen LogP contribution in [0.15, 0.2) is 4.99 Å². The highest BCUT2D eigenvalue weighted by molar-refractivity contribution is 6.06. The van der Waals surface area contributed by atoms with Crippen molar-refractivity contribution in [1.82, 2.24) is 9.55 Å². The quantitative estimate of drug-likeness (QED) is 0.720. The SMILES string of the molecule is COC(=O)c1nc(C(F)(F)F)n2c1C(C)=NCC2. The van der Waals surface area contributed by atoms with Crippen molar-refractivity contribution in [3.8, 4) is 0 Å². The maximum Gasteiger partial charge on any atom is 0.449 e. The molecule has 0 aromatic carbocycles. The van der Waals surface area contributed by atoms with E-state index in [1.54, 1.807) is 6.92 Å². The number of carbonyl (C=O) groups excluding carboxylic acids is 1. The van der Waals surface area contributed by atoms with E-state index >= 15 is 0 Å². The van der Waals surface area contributed by atoms with Crippen molar-refractivity contribution in [2.75, 3.05) is 13.7 Å². The van der Waals surface area contributed by atoms with Gasteiger partial charge in [0, 0.05) is 6.54 Å². The van der Waals surface area contributed by atoms with Gasteiger partial charge in [0.15, 0.2) is 5.69 Å². The number of halogens is 3. The van der Waals surface area contributed by atoms with Gasteiger partial charge >= 0.3 is 12.1 Å². The molecule has 0 saturated carbocycles. The molecular weight excluding hydrogens is 251 g/mol. The summed E-state index contributed by atoms with van der Waals surface area (Å²) in [4.78, 5) is 18.8. The highest BCUT2D eigenvalue weighted by Gasteiger charge is 2.41. The number of nitrogens with zero attached hydrogens (tertiary/aromatic N) is 3. The average Bonchev–Trinajstić information content (AvgIpc) is 2.68. The second-order valence-corrected chi connectivity index (χ2v) is 3.74. The zero-order valence-electron chi connectivity index (χ0n) is 9.71. The fourth-order valence-corrected chi connectivity index (χ4v) is 1.89. The molecule has 0 fully saturated rings. The fraction of sp³-hybridized carbons (Fsp3) is 0.500. The third-order valence-corrected chi connectivity index (χ3v) is 2.62. The summed E-state index contributed by atoms with van der Waals surface area (Å²) in [5, 5.41) is 0. The molecule has 0 aliphatic carbocycles. The van der Waals surface area contributed by atoms with Crippen LogP contribution in [0, 0.1) is 0 Å². The second kappa shape index (κ2) is 4.11. The van der Waals surface area contributed by atoms with Crippen LogP contribution < -0.4 is 0 Å². The third kappa shape index (κ3) is 1.87. The van der Waals surface area contributed by atoms with Gasteiger partial charge in [-0.05, 0) is 6.92 Å². The van der Waals surface area contributed by atoms with Gasteiger partial charge in [0.1, 0.15) is 0 Å². The van der Waals surface area contributed by atoms with E-state index in [9.17, 15) is 18.0 Å². The molecular formula is C10H10F3N3O2. The number of alkyl halides is 3. The maximum absolute atomic E-state index is 12.8. The summed E-state index contributed by atoms with van der Waals surface area (Å²) in [5.41, 5.74) is 0.0934. The first-order valence-corrected chi connectivity index (χ1v) is 5.13. The summed E-state index contributed by atoms with van der Waals surface area (Å²) in [6, 6.07) is 0. The molecule has 18 heavy (non-hydrogen) atoms. The zero-order valence-corrected chi connectivity index (χ0v) is 9.71. The number of hydrogen-bond donors (Lipinski definition) is 0. The summed E-state index contributed by atoms with van der Waals surface area (Å²) in [6.45, 7) is 1.82. The minimum absolute atomic E-state index is 0.0471. The Morgan fingerprint density at radius 1 is 1.44 bits per heavy atom. The Kier molecular flexibility index (Phi) is 2.88. The van der Waals surface area contributed by atoms with Crippen molar-refractivity contribution in [3.05, 3.63) is 17.2 Å². The summed E-state index contributed by atoms with van der Waals surface area (Å²) in [6.07, 6.45) is -4.61. The Labute approximate surface area is 100 Å². The van der Waals surface area contributed by atoms with Crippen LogP contribution in [-0.4, -0.2) is 34.9 Å². The number of hydrogen-bond acceptors (Lipinski definition) is 4. The minimum atomic E-state index is -4.61. The molecule has 0 N–H and O–H groups in total. The second-order valence-electron chi connectivity index (χ2n) is 3.74. The number of rotatable bonds is 1. The predicted octanol–water partition coefficient (Wildman–Crippen LogP) is 1.51. The van der Waals surface area contributed by atoms with Crippen molar-refractivity contribution < 1.29 is 22.7 Å². The van der Waals surface area contributed by atoms with E-state index in [0.717, 1.165) is 11.7 Å². The standard InChI is InChI=1S/C10H10F3N3O2/c1-5-7-6(8(17)18-2)15-9(10(11,12)13)16(7)4-3-14-5/h3-4H2,1-2H3. The number of aromatic nitrogens is 2. The lowest BCUT2D eigenvalue weighted by molar-refractivity contribution is -0.147. The monoisotopic (exact) mass is 261 g/mol. The molecule has 2 heterocycles. The van der Waals surface area contributed by atoms with Gasteiger partial charge in [-0.2, -0.15) is 13.2 Å². The number of methoxy groups -OCH3 is 1. The highest BCUT2D eigenvalue weighted by Crippen LogP contribution is 2.31. The molecule has 0 unspecified atom stereocenters. The molecule has 1 aromatic heterocycles. The first-order chi connectivity index (χ1) is 8.36. The van der Waals surface area contributed by atoms with E-state index < -0.39 is 18.0 Å². The van der Waals surface area contributed by atoms with Crippen molar-refractivity contribution in [1.29, 1.82) is 0 Å². The molecule has 2 rings (SSSR count). The van der Waals surface area contributed by atoms with Crippen molar-refractivity contribution >= 4 is 11.7 Å². The van der Waals surface area contributed by atoms with Gasteiger partial charge in [-0.1, -0.05) is 0 Å². The van der Waals surface area contributed by atoms with Gasteiger partial charge < -0.3 is 9.30 Å². The molecule has 0 amide bonds. The van der Waals surface area contributed by atoms with Crippen LogP contribution in [0.5, 0.6) is 0 Å². The van der Waals surface area contributed by atoms with Crippen molar-refractivity contribution in [2.24, 2.45) is 4.99 Å². The minimum Gasteiger partial charge on any atom is -0.464 e. The largest absolute Gasteiger partial charge is 0.464 e. The Balaban J connectivity index is 2.68. The van der Waals surface area contributed by atoms with Crippen molar-refractivity contribution in [2.45, 2.75) is 19.6 Å². The number of ether oxygens (including phenoxy) is 1. The lowest BCUT2D eigenvalue weighted by Gasteiger charge is -2.16. The van der Waals surface area contributed by atoms with Crippen LogP contribution in [-0.2, 0) is 17.5 Å². The molecule has 0 bridgehead atoms. The molecule has 8 heteroatoms. The molecule has 0 spiro atoms. The van der Waals surface area contributed by atoms with Crippen LogP contribution in [0.2, 0.25) is 0 Å². The van der Waals surface area contributed by atoms with Gasteiger partial charge in [0.2, 0.25) is 5.82 Å². The van der Waals surface area contributed by atoms with E-state index in [1.807, 2.05) is 0 Å². The molecule has 5 nitrogen and oxygen atoms in total. The summed E-state index contributed by atoms with van der Waals surface area (Å²) < 4.78 is 43.8. The lowest BCUT2D eigenvalue weighted by atomic mass is 10.2. The molecule has 0 atom stereocenters. The maximum atomic E-state index is 12.8. The number of aliphatic imine (C=N–C) groups is 1. The third-order valence-electron chi connectivity index (χ3n) is 2.62. The smallest absolute Gasteiger partial charge is 0.449 e. The van der Waals surface area contributed by atoms with Gasteiger partial charge in [-0.15, -0.1) is 0 Å². The van der Waals surface area contributed by atoms with Gasteiger partial charge in [0.05, 0.1) is 25.1 Å². The number of esters is 1. The molecule has 98 valence electrons. The number of imidazole rings is 1. The first-order valence-electron chi connectivity index (χ1n) is 5.13. The molecule has 1 aliphatic rings. The summed E-state index contributed by atoms with van der Waals surface area (Å²) in [7, 11) is 1.09. The van der Waals surface area contributed by atoms with E-state index in [4.69, 9.17) is 0 Å². The zero-order chi connectivity index (χ0) is 13.5. The number of fused-ring (bicyclic) bond motifs is 1. The van der Waals surface area contributed by atoms with Crippen LogP contribution >= 0.6 is 0 Å². The van der Waals surface area contributed by atoms with E-state index in [1.165, 1.54) is 0 Å². The normalized spacial score (nSPS) is 15.1. The Bertz CT molecular complexity index is 531. The van der Waals surface area contributed by atoms with E-state index in [-0.39, 0.29) is 24.5 Å². The number of carbonyl (C=O) groups is 1. The van der Waals surface area contributed by atoms with Gasteiger partial charge in [-0.25, -0.2) is 9.78 Å². The van der Waals surface area contributed by atoms with Gasteiger partial charge in [0.25, 0.3) is 0 Å². The molecule has 1 aromatic rings. The molecule has 0 radical (unpaired) electrons. The summed E-state index contributed by atoms with van der Waals surface area (Å²) >= 11 is 0. The van der Waals surface area contributed by atoms with Crippen LogP contribution in [0.1, 0.15) is 28.9 Å². The average molecular weight is 261 g/mol. The first kappa shape index (κ1) is 12.6. The lowest BCUT2D eigenvalue weighted by Crippen LogP contribution is -2.23. The van der Waals surface area contributed by atoms with Crippen LogP contribution in [0.25, 0.3) is 0 Å². The van der Waals surface area contributed by atoms with E-state index in [0.29, 0.717) is 5.71 Å². The Morgan fingerprint density at radius 2 is 2.11 bits per heavy atom. The van der Waals surface area contributed by atoms with Crippen LogP contribution in [0.4, 0.5) is 13.2 Å². The molecule has 1 aliphatic heterocycles. The summed E-state index contributed by atoms with van der Waals surface area (Å²) in [5.74, 6) is -1.99. The predicted molar refractivity (Wildman–Crippen MR) is 55.6 cm³/mol. The highest BCUT2D eigenvalue weighted by atomic mass is 19.4. The van der Waals surface area contributed by atoms with Crippen molar-refractivity contribution in [3.63, 3.8) is 0 Å². The Morgan fingerprint density at radius 3 is 2.67 bits per heavy atom. The van der Waals surface area contributed by atoms with Gasteiger partial charge in [-0.3, -0.25) is 4.99 Å². The topological polar surface area (TPSA) is 56.5 Å².